The molecule has 0 bridgehead atoms. The largest absolute Gasteiger partial charge is 0.394 e. The summed E-state index contributed by atoms with van der Waals surface area (Å²) in [5.74, 6) is -0.694. The predicted molar refractivity (Wildman–Crippen MR) is 229 cm³/mol. The van der Waals surface area contributed by atoms with Gasteiger partial charge in [-0.3, -0.25) is 4.79 Å². The Morgan fingerprint density at radius 1 is 0.544 bits per heavy atom. The Labute approximate surface area is 348 Å². The summed E-state index contributed by atoms with van der Waals surface area (Å²) >= 11 is 0. The van der Waals surface area contributed by atoms with Crippen LogP contribution in [0.1, 0.15) is 219 Å². The van der Waals surface area contributed by atoms with Crippen LogP contribution in [0.5, 0.6) is 0 Å². The Bertz CT molecular complexity index is 897. The number of ether oxygens (including phenoxy) is 2. The molecule has 1 amide bonds. The minimum atomic E-state index is -1.65. The van der Waals surface area contributed by atoms with Crippen molar-refractivity contribution in [1.29, 1.82) is 0 Å². The molecule has 1 heterocycles. The molecule has 1 aliphatic heterocycles. The monoisotopic (exact) mass is 818 g/mol. The molecule has 0 aromatic rings. The van der Waals surface area contributed by atoms with Gasteiger partial charge in [0.15, 0.2) is 6.29 Å². The average molecular weight is 818 g/mol. The predicted octanol–water partition coefficient (Wildman–Crippen LogP) is 7.89. The number of aliphatic hydroxyl groups excluding tert-OH is 7. The summed E-state index contributed by atoms with van der Waals surface area (Å²) in [7, 11) is 0. The summed E-state index contributed by atoms with van der Waals surface area (Å²) in [5.41, 5.74) is 0. The molecule has 340 valence electrons. The van der Waals surface area contributed by atoms with Crippen LogP contribution >= 0.6 is 0 Å². The maximum absolute atomic E-state index is 13.1. The first-order valence-corrected chi connectivity index (χ1v) is 23.9. The standard InChI is InChI=1S/C46H91NO10/c1-3-5-7-9-11-13-15-16-17-18-19-20-21-22-23-24-26-28-30-32-34-39(50)45(55)47-37(36-56-46-44(54)43(53)42(52)40(35-48)57-46)41(51)38(49)33-31-29-27-25-14-12-10-8-6-4-2/h37-44,46,48-54H,3-36H2,1-2H3,(H,47,55)/t37-,38+,39+,40+,41-,42-,43-,44+,46+/m0/s1. The molecule has 0 saturated carbocycles. The van der Waals surface area contributed by atoms with E-state index in [0.29, 0.717) is 19.3 Å². The zero-order valence-corrected chi connectivity index (χ0v) is 36.6. The molecule has 0 aromatic heterocycles. The second-order valence-corrected chi connectivity index (χ2v) is 17.2. The number of rotatable bonds is 40. The molecule has 1 rings (SSSR count). The molecule has 0 aliphatic carbocycles. The van der Waals surface area contributed by atoms with Crippen LogP contribution < -0.4 is 5.32 Å². The second-order valence-electron chi connectivity index (χ2n) is 17.2. The number of unbranched alkanes of at least 4 members (excludes halogenated alkanes) is 28. The minimum Gasteiger partial charge on any atom is -0.394 e. The molecule has 0 radical (unpaired) electrons. The van der Waals surface area contributed by atoms with Gasteiger partial charge in [-0.2, -0.15) is 0 Å². The molecule has 0 unspecified atom stereocenters. The lowest BCUT2D eigenvalue weighted by molar-refractivity contribution is -0.303. The summed E-state index contributed by atoms with van der Waals surface area (Å²) in [4.78, 5) is 13.1. The van der Waals surface area contributed by atoms with Crippen molar-refractivity contribution < 1.29 is 50.0 Å². The lowest BCUT2D eigenvalue weighted by atomic mass is 9.98. The molecule has 0 spiro atoms. The summed E-state index contributed by atoms with van der Waals surface area (Å²) in [5, 5.41) is 75.6. The van der Waals surface area contributed by atoms with Crippen molar-refractivity contribution in [2.45, 2.75) is 274 Å². The van der Waals surface area contributed by atoms with Crippen LogP contribution in [0.2, 0.25) is 0 Å². The molecule has 11 heteroatoms. The summed E-state index contributed by atoms with van der Waals surface area (Å²) in [6.07, 6.45) is 25.9. The fourth-order valence-corrected chi connectivity index (χ4v) is 7.91. The maximum atomic E-state index is 13.1. The third kappa shape index (κ3) is 26.8. The van der Waals surface area contributed by atoms with Gasteiger partial charge in [0.2, 0.25) is 5.91 Å². The molecular formula is C46H91NO10. The topological polar surface area (TPSA) is 189 Å². The Hall–Kier alpha value is -0.890. The molecule has 8 N–H and O–H groups in total. The maximum Gasteiger partial charge on any atom is 0.249 e. The number of hydrogen-bond acceptors (Lipinski definition) is 10. The Morgan fingerprint density at radius 3 is 1.30 bits per heavy atom. The van der Waals surface area contributed by atoms with Crippen molar-refractivity contribution in [3.8, 4) is 0 Å². The smallest absolute Gasteiger partial charge is 0.249 e. The highest BCUT2D eigenvalue weighted by Gasteiger charge is 2.44. The van der Waals surface area contributed by atoms with Crippen molar-refractivity contribution in [3.63, 3.8) is 0 Å². The Kier molecular flexibility index (Phi) is 35.1. The van der Waals surface area contributed by atoms with Crippen LogP contribution in [-0.2, 0) is 14.3 Å². The zero-order chi connectivity index (χ0) is 41.9. The number of amides is 1. The van der Waals surface area contributed by atoms with E-state index in [-0.39, 0.29) is 6.42 Å². The van der Waals surface area contributed by atoms with Gasteiger partial charge in [-0.15, -0.1) is 0 Å². The van der Waals surface area contributed by atoms with Crippen molar-refractivity contribution >= 4 is 5.91 Å². The van der Waals surface area contributed by atoms with E-state index in [9.17, 15) is 40.5 Å². The van der Waals surface area contributed by atoms with Gasteiger partial charge < -0.3 is 50.5 Å². The van der Waals surface area contributed by atoms with Crippen LogP contribution in [0.3, 0.4) is 0 Å². The molecular weight excluding hydrogens is 727 g/mol. The lowest BCUT2D eigenvalue weighted by Crippen LogP contribution is -2.60. The highest BCUT2D eigenvalue weighted by atomic mass is 16.7. The fourth-order valence-electron chi connectivity index (χ4n) is 7.91. The van der Waals surface area contributed by atoms with E-state index >= 15 is 0 Å². The Balaban J connectivity index is 2.37. The van der Waals surface area contributed by atoms with E-state index in [4.69, 9.17) is 9.47 Å². The summed E-state index contributed by atoms with van der Waals surface area (Å²) in [6.45, 7) is 3.43. The van der Waals surface area contributed by atoms with Crippen LogP contribution in [-0.4, -0.2) is 110 Å². The quantitative estimate of drug-likeness (QED) is 0.0283. The lowest BCUT2D eigenvalue weighted by Gasteiger charge is -2.40. The van der Waals surface area contributed by atoms with Crippen molar-refractivity contribution in [2.75, 3.05) is 13.2 Å². The second kappa shape index (κ2) is 36.9. The molecule has 0 aromatic carbocycles. The number of carbonyl (C=O) groups is 1. The normalized spacial score (nSPS) is 22.0. The highest BCUT2D eigenvalue weighted by Crippen LogP contribution is 2.23. The molecule has 9 atom stereocenters. The van der Waals surface area contributed by atoms with Gasteiger partial charge in [-0.25, -0.2) is 0 Å². The van der Waals surface area contributed by atoms with Gasteiger partial charge in [0.05, 0.1) is 25.4 Å². The van der Waals surface area contributed by atoms with E-state index in [1.54, 1.807) is 0 Å². The summed E-state index contributed by atoms with van der Waals surface area (Å²) < 4.78 is 11.1. The molecule has 1 saturated heterocycles. The van der Waals surface area contributed by atoms with Crippen LogP contribution in [0.25, 0.3) is 0 Å². The Morgan fingerprint density at radius 2 is 0.912 bits per heavy atom. The minimum absolute atomic E-state index is 0.266. The van der Waals surface area contributed by atoms with Gasteiger partial charge in [0, 0.05) is 0 Å². The van der Waals surface area contributed by atoms with Gasteiger partial charge in [0.25, 0.3) is 0 Å². The van der Waals surface area contributed by atoms with Gasteiger partial charge in [-0.1, -0.05) is 206 Å². The van der Waals surface area contributed by atoms with Crippen LogP contribution in [0, 0.1) is 0 Å². The fraction of sp³-hybridized carbons (Fsp3) is 0.978. The summed E-state index contributed by atoms with van der Waals surface area (Å²) in [6, 6.07) is -1.16. The van der Waals surface area contributed by atoms with Crippen molar-refractivity contribution in [1.82, 2.24) is 5.32 Å². The van der Waals surface area contributed by atoms with Crippen LogP contribution in [0.15, 0.2) is 0 Å². The van der Waals surface area contributed by atoms with Gasteiger partial charge >= 0.3 is 0 Å². The van der Waals surface area contributed by atoms with E-state index in [0.717, 1.165) is 38.5 Å². The first-order chi connectivity index (χ1) is 27.7. The van der Waals surface area contributed by atoms with E-state index in [1.807, 2.05) is 0 Å². The molecule has 11 nitrogen and oxygen atoms in total. The molecule has 1 fully saturated rings. The number of carbonyl (C=O) groups excluding carboxylic acids is 1. The first kappa shape index (κ1) is 54.1. The SMILES string of the molecule is CCCCCCCCCCCCCCCCCCCCCC[C@@H](O)C(=O)N[C@@H](CO[C@@H]1O[C@H](CO)[C@H](O)[C@H](O)[C@H]1O)[C@H](O)[C@H](O)CCCCCCCCCCCC. The molecule has 1 aliphatic rings. The average Bonchev–Trinajstić information content (AvgIpc) is 3.21. The van der Waals surface area contributed by atoms with Gasteiger partial charge in [-0.05, 0) is 12.8 Å². The van der Waals surface area contributed by atoms with E-state index < -0.39 is 74.2 Å². The highest BCUT2D eigenvalue weighted by molar-refractivity contribution is 5.80. The zero-order valence-electron chi connectivity index (χ0n) is 36.6. The van der Waals surface area contributed by atoms with Crippen LogP contribution in [0.4, 0.5) is 0 Å². The van der Waals surface area contributed by atoms with Gasteiger partial charge in [0.1, 0.15) is 36.6 Å². The van der Waals surface area contributed by atoms with E-state index in [1.165, 1.54) is 141 Å². The van der Waals surface area contributed by atoms with Crippen molar-refractivity contribution in [2.24, 2.45) is 0 Å². The number of aliphatic hydroxyl groups is 7. The first-order valence-electron chi connectivity index (χ1n) is 23.9. The third-order valence-electron chi connectivity index (χ3n) is 11.9. The molecule has 57 heavy (non-hydrogen) atoms. The van der Waals surface area contributed by atoms with E-state index in [2.05, 4.69) is 19.2 Å². The van der Waals surface area contributed by atoms with Crippen molar-refractivity contribution in [3.05, 3.63) is 0 Å². The third-order valence-corrected chi connectivity index (χ3v) is 11.9. The number of nitrogens with one attached hydrogen (secondary N) is 1. The number of hydrogen-bond donors (Lipinski definition) is 8.